The molecule has 3 N–H and O–H groups in total. The Bertz CT molecular complexity index is 699. The number of anilines is 2. The number of hydrogen-bond acceptors (Lipinski definition) is 6. The third kappa shape index (κ3) is 4.86. The van der Waals surface area contributed by atoms with Gasteiger partial charge in [0.05, 0.1) is 24.4 Å². The van der Waals surface area contributed by atoms with Gasteiger partial charge in [0.2, 0.25) is 5.95 Å². The fourth-order valence-electron chi connectivity index (χ4n) is 1.78. The predicted molar refractivity (Wildman–Crippen MR) is 85.3 cm³/mol. The Morgan fingerprint density at radius 2 is 2.09 bits per heavy atom. The first-order chi connectivity index (χ1) is 11.2. The second kappa shape index (κ2) is 8.19. The molecule has 1 aromatic heterocycles. The minimum absolute atomic E-state index is 0.379. The van der Waals surface area contributed by atoms with E-state index in [1.165, 1.54) is 7.11 Å². The van der Waals surface area contributed by atoms with E-state index in [-0.39, 0.29) is 0 Å². The number of hydrogen-bond donors (Lipinski definition) is 3. The van der Waals surface area contributed by atoms with Gasteiger partial charge in [0.25, 0.3) is 0 Å². The molecule has 2 aromatic rings. The van der Waals surface area contributed by atoms with E-state index in [4.69, 9.17) is 10.00 Å². The van der Waals surface area contributed by atoms with Gasteiger partial charge in [-0.2, -0.15) is 5.26 Å². The van der Waals surface area contributed by atoms with E-state index in [2.05, 4.69) is 25.9 Å². The zero-order valence-electron chi connectivity index (χ0n) is 12.5. The van der Waals surface area contributed by atoms with Crippen molar-refractivity contribution in [3.63, 3.8) is 0 Å². The molecule has 0 saturated heterocycles. The number of ether oxygens (including phenoxy) is 1. The summed E-state index contributed by atoms with van der Waals surface area (Å²) in [6.45, 7) is 0.858. The molecule has 1 aromatic carbocycles. The summed E-state index contributed by atoms with van der Waals surface area (Å²) >= 11 is 0. The van der Waals surface area contributed by atoms with Crippen molar-refractivity contribution in [3.8, 4) is 11.8 Å². The Hall–Kier alpha value is -3.34. The maximum atomic E-state index is 11.9. The minimum atomic E-state index is -0.394. The van der Waals surface area contributed by atoms with Gasteiger partial charge in [-0.1, -0.05) is 0 Å². The van der Waals surface area contributed by atoms with Gasteiger partial charge >= 0.3 is 6.03 Å². The molecule has 0 bridgehead atoms. The highest BCUT2D eigenvalue weighted by atomic mass is 16.5. The molecule has 8 heteroatoms. The summed E-state index contributed by atoms with van der Waals surface area (Å²) in [6.07, 6.45) is 3.26. The van der Waals surface area contributed by atoms with Crippen LogP contribution in [0.4, 0.5) is 16.4 Å². The molecule has 23 heavy (non-hydrogen) atoms. The predicted octanol–water partition coefficient (Wildman–Crippen LogP) is 1.59. The van der Waals surface area contributed by atoms with E-state index in [0.29, 0.717) is 36.0 Å². The number of nitrogens with zero attached hydrogens (tertiary/aromatic N) is 3. The Balaban J connectivity index is 1.82. The lowest BCUT2D eigenvalue weighted by Crippen LogP contribution is -2.33. The number of rotatable bonds is 6. The van der Waals surface area contributed by atoms with Crippen molar-refractivity contribution in [2.75, 3.05) is 30.8 Å². The highest BCUT2D eigenvalue weighted by molar-refractivity contribution is 5.91. The van der Waals surface area contributed by atoms with Crippen LogP contribution >= 0.6 is 0 Å². The van der Waals surface area contributed by atoms with Crippen LogP contribution in [0.5, 0.6) is 5.75 Å². The molecule has 0 saturated carbocycles. The standard InChI is InChI=1S/C15H16N6O2/c1-23-13-4-3-11(10-16)9-12(13)21-15(22)20-8-7-19-14-17-5-2-6-18-14/h2-6,9H,7-8H2,1H3,(H,17,18,19)(H2,20,21,22). The second-order valence-corrected chi connectivity index (χ2v) is 4.41. The monoisotopic (exact) mass is 312 g/mol. The normalized spacial score (nSPS) is 9.57. The van der Waals surface area contributed by atoms with Crippen LogP contribution in [-0.4, -0.2) is 36.2 Å². The van der Waals surface area contributed by atoms with Crippen LogP contribution < -0.4 is 20.7 Å². The molecule has 0 aliphatic carbocycles. The zero-order valence-corrected chi connectivity index (χ0v) is 12.5. The number of carbonyl (C=O) groups excluding carboxylic acids is 1. The fourth-order valence-corrected chi connectivity index (χ4v) is 1.78. The number of amides is 2. The van der Waals surface area contributed by atoms with Crippen LogP contribution in [0.2, 0.25) is 0 Å². The van der Waals surface area contributed by atoms with Crippen LogP contribution in [0, 0.1) is 11.3 Å². The summed E-state index contributed by atoms with van der Waals surface area (Å²) in [5.74, 6) is 0.980. The molecule has 2 amide bonds. The summed E-state index contributed by atoms with van der Waals surface area (Å²) < 4.78 is 5.15. The van der Waals surface area contributed by atoms with Crippen LogP contribution in [0.15, 0.2) is 36.7 Å². The first kappa shape index (κ1) is 16.0. The number of benzene rings is 1. The van der Waals surface area contributed by atoms with Gasteiger partial charge in [0.1, 0.15) is 5.75 Å². The maximum Gasteiger partial charge on any atom is 0.319 e. The van der Waals surface area contributed by atoms with Crippen molar-refractivity contribution in [1.29, 1.82) is 5.26 Å². The van der Waals surface area contributed by atoms with Gasteiger partial charge < -0.3 is 20.7 Å². The molecule has 1 heterocycles. The van der Waals surface area contributed by atoms with Gasteiger partial charge in [-0.15, -0.1) is 0 Å². The highest BCUT2D eigenvalue weighted by Gasteiger charge is 2.08. The summed E-state index contributed by atoms with van der Waals surface area (Å²) in [4.78, 5) is 19.9. The van der Waals surface area contributed by atoms with Gasteiger partial charge in [-0.25, -0.2) is 14.8 Å². The van der Waals surface area contributed by atoms with E-state index in [0.717, 1.165) is 0 Å². The lowest BCUT2D eigenvalue weighted by atomic mass is 10.2. The number of carbonyl (C=O) groups is 1. The molecular formula is C15H16N6O2. The topological polar surface area (TPSA) is 112 Å². The summed E-state index contributed by atoms with van der Waals surface area (Å²) in [7, 11) is 1.49. The van der Waals surface area contributed by atoms with Gasteiger partial charge in [0, 0.05) is 25.5 Å². The zero-order chi connectivity index (χ0) is 16.5. The molecule has 0 radical (unpaired) electrons. The van der Waals surface area contributed by atoms with E-state index in [1.54, 1.807) is 36.7 Å². The first-order valence-corrected chi connectivity index (χ1v) is 6.87. The molecular weight excluding hydrogens is 296 g/mol. The Morgan fingerprint density at radius 3 is 2.78 bits per heavy atom. The molecule has 0 aliphatic rings. The van der Waals surface area contributed by atoms with Gasteiger partial charge in [0.15, 0.2) is 0 Å². The number of aromatic nitrogens is 2. The molecule has 2 rings (SSSR count). The fraction of sp³-hybridized carbons (Fsp3) is 0.200. The largest absolute Gasteiger partial charge is 0.495 e. The molecule has 0 atom stereocenters. The number of methoxy groups -OCH3 is 1. The van der Waals surface area contributed by atoms with Crippen molar-refractivity contribution in [3.05, 3.63) is 42.2 Å². The lowest BCUT2D eigenvalue weighted by Gasteiger charge is -2.11. The average molecular weight is 312 g/mol. The second-order valence-electron chi connectivity index (χ2n) is 4.41. The van der Waals surface area contributed by atoms with Crippen molar-refractivity contribution in [2.45, 2.75) is 0 Å². The number of urea groups is 1. The van der Waals surface area contributed by atoms with Gasteiger partial charge in [-0.05, 0) is 24.3 Å². The summed E-state index contributed by atoms with van der Waals surface area (Å²) in [5.41, 5.74) is 0.868. The van der Waals surface area contributed by atoms with E-state index >= 15 is 0 Å². The molecule has 8 nitrogen and oxygen atoms in total. The highest BCUT2D eigenvalue weighted by Crippen LogP contribution is 2.24. The van der Waals surface area contributed by atoms with Crippen molar-refractivity contribution >= 4 is 17.7 Å². The number of nitrogens with one attached hydrogen (secondary N) is 3. The Morgan fingerprint density at radius 1 is 1.30 bits per heavy atom. The Kier molecular flexibility index (Phi) is 5.71. The summed E-state index contributed by atoms with van der Waals surface area (Å²) in [6, 6.07) is 8.13. The van der Waals surface area contributed by atoms with E-state index in [1.807, 2.05) is 6.07 Å². The third-order valence-electron chi connectivity index (χ3n) is 2.84. The number of nitriles is 1. The summed E-state index contributed by atoms with van der Waals surface area (Å²) in [5, 5.41) is 17.2. The third-order valence-corrected chi connectivity index (χ3v) is 2.84. The maximum absolute atomic E-state index is 11.9. The Labute approximate surface area is 133 Å². The van der Waals surface area contributed by atoms with Crippen LogP contribution in [-0.2, 0) is 0 Å². The molecule has 0 fully saturated rings. The van der Waals surface area contributed by atoms with Crippen molar-refractivity contribution < 1.29 is 9.53 Å². The average Bonchev–Trinajstić information content (AvgIpc) is 2.59. The smallest absolute Gasteiger partial charge is 0.319 e. The molecule has 0 spiro atoms. The van der Waals surface area contributed by atoms with E-state index < -0.39 is 6.03 Å². The minimum Gasteiger partial charge on any atom is -0.495 e. The molecule has 118 valence electrons. The van der Waals surface area contributed by atoms with Crippen LogP contribution in [0.3, 0.4) is 0 Å². The van der Waals surface area contributed by atoms with Crippen molar-refractivity contribution in [1.82, 2.24) is 15.3 Å². The van der Waals surface area contributed by atoms with E-state index in [9.17, 15) is 4.79 Å². The SMILES string of the molecule is COc1ccc(C#N)cc1NC(=O)NCCNc1ncccn1. The quantitative estimate of drug-likeness (QED) is 0.698. The van der Waals surface area contributed by atoms with Crippen LogP contribution in [0.1, 0.15) is 5.56 Å². The van der Waals surface area contributed by atoms with Gasteiger partial charge in [-0.3, -0.25) is 0 Å². The van der Waals surface area contributed by atoms with Crippen LogP contribution in [0.25, 0.3) is 0 Å². The van der Waals surface area contributed by atoms with Crippen molar-refractivity contribution in [2.24, 2.45) is 0 Å². The molecule has 0 unspecified atom stereocenters. The first-order valence-electron chi connectivity index (χ1n) is 6.87. The molecule has 0 aliphatic heterocycles. The lowest BCUT2D eigenvalue weighted by molar-refractivity contribution is 0.252.